The molecule has 0 saturated heterocycles. The second kappa shape index (κ2) is 5.62. The maximum Gasteiger partial charge on any atom is 0.416 e. The number of amides is 1. The van der Waals surface area contributed by atoms with Gasteiger partial charge in [0.2, 0.25) is 0 Å². The Morgan fingerprint density at radius 2 is 1.95 bits per heavy atom. The number of anilines is 1. The highest BCUT2D eigenvalue weighted by Crippen LogP contribution is 2.30. The number of halogens is 4. The number of nitrogens with one attached hydrogen (secondary N) is 1. The van der Waals surface area contributed by atoms with Gasteiger partial charge in [0.05, 0.1) is 5.56 Å². The molecule has 20 heavy (non-hydrogen) atoms. The quantitative estimate of drug-likeness (QED) is 0.890. The van der Waals surface area contributed by atoms with Crippen molar-refractivity contribution in [3.8, 4) is 0 Å². The number of hydrogen-bond donors (Lipinski definition) is 1. The van der Waals surface area contributed by atoms with Crippen LogP contribution in [0, 0.1) is 0 Å². The summed E-state index contributed by atoms with van der Waals surface area (Å²) in [5.74, 6) is -0.572. The fourth-order valence-electron chi connectivity index (χ4n) is 1.48. The molecule has 2 rings (SSSR count). The van der Waals surface area contributed by atoms with Crippen molar-refractivity contribution in [1.82, 2.24) is 4.98 Å². The van der Waals surface area contributed by atoms with E-state index in [1.807, 2.05) is 0 Å². The number of pyridine rings is 1. The molecular formula is C13H8BrF3N2O. The van der Waals surface area contributed by atoms with Gasteiger partial charge in [0.15, 0.2) is 0 Å². The molecule has 3 nitrogen and oxygen atoms in total. The van der Waals surface area contributed by atoms with Gasteiger partial charge in [0, 0.05) is 16.4 Å². The zero-order valence-corrected chi connectivity index (χ0v) is 11.5. The number of alkyl halides is 3. The predicted molar refractivity (Wildman–Crippen MR) is 71.3 cm³/mol. The van der Waals surface area contributed by atoms with Crippen LogP contribution in [0.2, 0.25) is 0 Å². The lowest BCUT2D eigenvalue weighted by molar-refractivity contribution is -0.137. The van der Waals surface area contributed by atoms with Crippen molar-refractivity contribution < 1.29 is 18.0 Å². The van der Waals surface area contributed by atoms with E-state index in [-0.39, 0.29) is 11.4 Å². The molecule has 1 amide bonds. The molecule has 0 saturated carbocycles. The molecular weight excluding hydrogens is 337 g/mol. The molecule has 0 aliphatic carbocycles. The van der Waals surface area contributed by atoms with Gasteiger partial charge in [-0.2, -0.15) is 13.2 Å². The van der Waals surface area contributed by atoms with Crippen LogP contribution in [0.1, 0.15) is 16.1 Å². The van der Waals surface area contributed by atoms with Crippen molar-refractivity contribution in [2.24, 2.45) is 0 Å². The average Bonchev–Trinajstić information content (AvgIpc) is 2.38. The Hall–Kier alpha value is -1.89. The monoisotopic (exact) mass is 344 g/mol. The first-order valence-corrected chi connectivity index (χ1v) is 6.26. The lowest BCUT2D eigenvalue weighted by Gasteiger charge is -2.09. The maximum absolute atomic E-state index is 12.5. The Morgan fingerprint density at radius 1 is 1.20 bits per heavy atom. The minimum atomic E-state index is -4.45. The summed E-state index contributed by atoms with van der Waals surface area (Å²) in [6, 6.07) is 7.50. The number of hydrogen-bond acceptors (Lipinski definition) is 2. The van der Waals surface area contributed by atoms with Crippen molar-refractivity contribution in [2.45, 2.75) is 6.18 Å². The molecule has 0 aliphatic rings. The Morgan fingerprint density at radius 3 is 2.55 bits per heavy atom. The Bertz CT molecular complexity index is 626. The highest BCUT2D eigenvalue weighted by Gasteiger charge is 2.30. The van der Waals surface area contributed by atoms with Crippen molar-refractivity contribution in [3.63, 3.8) is 0 Å². The number of carbonyl (C=O) groups is 1. The van der Waals surface area contributed by atoms with E-state index in [0.717, 1.165) is 12.1 Å². The molecule has 0 atom stereocenters. The predicted octanol–water partition coefficient (Wildman–Crippen LogP) is 4.12. The third-order valence-electron chi connectivity index (χ3n) is 2.41. The Kier molecular flexibility index (Phi) is 4.08. The summed E-state index contributed by atoms with van der Waals surface area (Å²) < 4.78 is 38.3. The number of carbonyl (C=O) groups excluding carboxylic acids is 1. The van der Waals surface area contributed by atoms with Crippen LogP contribution in [-0.2, 0) is 6.18 Å². The van der Waals surface area contributed by atoms with Gasteiger partial charge >= 0.3 is 6.18 Å². The maximum atomic E-state index is 12.5. The average molecular weight is 345 g/mol. The molecule has 0 aliphatic heterocycles. The van der Waals surface area contributed by atoms with Crippen LogP contribution in [0.4, 0.5) is 18.9 Å². The van der Waals surface area contributed by atoms with Gasteiger partial charge < -0.3 is 5.32 Å². The molecule has 1 heterocycles. The summed E-state index contributed by atoms with van der Waals surface area (Å²) in [5.41, 5.74) is -0.640. The largest absolute Gasteiger partial charge is 0.416 e. The summed E-state index contributed by atoms with van der Waals surface area (Å²) in [5, 5.41) is 2.37. The molecule has 0 spiro atoms. The lowest BCUT2D eigenvalue weighted by Crippen LogP contribution is -2.14. The smallest absolute Gasteiger partial charge is 0.321 e. The van der Waals surface area contributed by atoms with Crippen LogP contribution in [0.5, 0.6) is 0 Å². The fraction of sp³-hybridized carbons (Fsp3) is 0.0769. The minimum Gasteiger partial charge on any atom is -0.321 e. The standard InChI is InChI=1S/C13H8BrF3N2O/c14-9-4-5-11(18-7-9)12(20)19-10-3-1-2-8(6-10)13(15,16)17/h1-7H,(H,19,20). The Labute approximate surface area is 121 Å². The molecule has 104 valence electrons. The molecule has 0 fully saturated rings. The minimum absolute atomic E-state index is 0.0644. The fourth-order valence-corrected chi connectivity index (χ4v) is 1.71. The van der Waals surface area contributed by atoms with Gasteiger partial charge in [-0.25, -0.2) is 4.98 Å². The van der Waals surface area contributed by atoms with Crippen LogP contribution in [0.3, 0.4) is 0 Å². The van der Waals surface area contributed by atoms with E-state index < -0.39 is 17.6 Å². The molecule has 0 radical (unpaired) electrons. The molecule has 0 bridgehead atoms. The van der Waals surface area contributed by atoms with Crippen LogP contribution in [-0.4, -0.2) is 10.9 Å². The topological polar surface area (TPSA) is 42.0 Å². The van der Waals surface area contributed by atoms with Crippen molar-refractivity contribution in [2.75, 3.05) is 5.32 Å². The van der Waals surface area contributed by atoms with Gasteiger partial charge in [0.25, 0.3) is 5.91 Å². The van der Waals surface area contributed by atoms with Crippen LogP contribution < -0.4 is 5.32 Å². The SMILES string of the molecule is O=C(Nc1cccc(C(F)(F)F)c1)c1ccc(Br)cn1. The summed E-state index contributed by atoms with van der Waals surface area (Å²) in [7, 11) is 0. The summed E-state index contributed by atoms with van der Waals surface area (Å²) in [6.07, 6.45) is -3.02. The number of benzene rings is 1. The second-order valence-corrected chi connectivity index (χ2v) is 4.81. The third kappa shape index (κ3) is 3.57. The van der Waals surface area contributed by atoms with Crippen molar-refractivity contribution >= 4 is 27.5 Å². The first-order valence-electron chi connectivity index (χ1n) is 5.46. The van der Waals surface area contributed by atoms with Gasteiger partial charge in [0.1, 0.15) is 5.69 Å². The van der Waals surface area contributed by atoms with Gasteiger partial charge in [-0.15, -0.1) is 0 Å². The van der Waals surface area contributed by atoms with Gasteiger partial charge in [-0.1, -0.05) is 6.07 Å². The molecule has 7 heteroatoms. The summed E-state index contributed by atoms with van der Waals surface area (Å²) >= 11 is 3.17. The van der Waals surface area contributed by atoms with E-state index in [0.29, 0.717) is 4.47 Å². The van der Waals surface area contributed by atoms with E-state index in [1.165, 1.54) is 24.4 Å². The molecule has 1 N–H and O–H groups in total. The van der Waals surface area contributed by atoms with Crippen LogP contribution >= 0.6 is 15.9 Å². The first kappa shape index (κ1) is 14.5. The normalized spacial score (nSPS) is 11.2. The molecule has 0 unspecified atom stereocenters. The zero-order chi connectivity index (χ0) is 14.8. The molecule has 1 aromatic carbocycles. The first-order chi connectivity index (χ1) is 9.36. The molecule has 2 aromatic rings. The lowest BCUT2D eigenvalue weighted by atomic mass is 10.2. The second-order valence-electron chi connectivity index (χ2n) is 3.89. The summed E-state index contributed by atoms with van der Waals surface area (Å²) in [6.45, 7) is 0. The van der Waals surface area contributed by atoms with E-state index in [9.17, 15) is 18.0 Å². The van der Waals surface area contributed by atoms with Crippen LogP contribution in [0.15, 0.2) is 47.1 Å². The number of nitrogens with zero attached hydrogens (tertiary/aromatic N) is 1. The molecule has 1 aromatic heterocycles. The van der Waals surface area contributed by atoms with Crippen molar-refractivity contribution in [3.05, 3.63) is 58.3 Å². The van der Waals surface area contributed by atoms with Crippen LogP contribution in [0.25, 0.3) is 0 Å². The Balaban J connectivity index is 2.18. The van der Waals surface area contributed by atoms with Crippen molar-refractivity contribution in [1.29, 1.82) is 0 Å². The highest BCUT2D eigenvalue weighted by molar-refractivity contribution is 9.10. The van der Waals surface area contributed by atoms with E-state index in [4.69, 9.17) is 0 Å². The zero-order valence-electron chi connectivity index (χ0n) is 9.91. The van der Waals surface area contributed by atoms with E-state index >= 15 is 0 Å². The third-order valence-corrected chi connectivity index (χ3v) is 2.88. The van der Waals surface area contributed by atoms with E-state index in [2.05, 4.69) is 26.2 Å². The van der Waals surface area contributed by atoms with E-state index in [1.54, 1.807) is 6.07 Å². The summed E-state index contributed by atoms with van der Waals surface area (Å²) in [4.78, 5) is 15.7. The highest BCUT2D eigenvalue weighted by atomic mass is 79.9. The van der Waals surface area contributed by atoms with Gasteiger partial charge in [-0.05, 0) is 46.3 Å². The number of rotatable bonds is 2. The van der Waals surface area contributed by atoms with Gasteiger partial charge in [-0.3, -0.25) is 4.79 Å². The number of aromatic nitrogens is 1.